The Morgan fingerprint density at radius 2 is 1.97 bits per heavy atom. The number of fused-ring (bicyclic) bond motifs is 1. The molecule has 0 aliphatic heterocycles. The van der Waals surface area contributed by atoms with E-state index in [0.717, 1.165) is 5.69 Å². The van der Waals surface area contributed by atoms with Crippen molar-refractivity contribution in [2.45, 2.75) is 32.5 Å². The van der Waals surface area contributed by atoms with Gasteiger partial charge in [-0.1, -0.05) is 6.07 Å². The first-order valence-electron chi connectivity index (χ1n) is 9.29. The van der Waals surface area contributed by atoms with E-state index < -0.39 is 12.6 Å². The maximum absolute atomic E-state index is 12.6. The van der Waals surface area contributed by atoms with Crippen molar-refractivity contribution in [3.8, 4) is 28.7 Å². The van der Waals surface area contributed by atoms with Crippen molar-refractivity contribution in [3.63, 3.8) is 0 Å². The maximum atomic E-state index is 12.6. The Morgan fingerprint density at radius 3 is 2.70 bits per heavy atom. The van der Waals surface area contributed by atoms with E-state index in [1.165, 1.54) is 12.5 Å². The van der Waals surface area contributed by atoms with Crippen molar-refractivity contribution in [3.05, 3.63) is 60.4 Å². The number of halogens is 3. The lowest BCUT2D eigenvalue weighted by Crippen LogP contribution is -2.09. The second-order valence-electron chi connectivity index (χ2n) is 6.92. The van der Waals surface area contributed by atoms with Gasteiger partial charge in [-0.2, -0.15) is 18.4 Å². The molecule has 0 aromatic carbocycles. The van der Waals surface area contributed by atoms with Crippen LogP contribution in [-0.2, 0) is 6.54 Å². The largest absolute Gasteiger partial charge is 0.389 e. The van der Waals surface area contributed by atoms with Crippen LogP contribution in [0.1, 0.15) is 24.2 Å². The lowest BCUT2D eigenvalue weighted by Gasteiger charge is -2.12. The average Bonchev–Trinajstić information content (AvgIpc) is 3.30. The predicted molar refractivity (Wildman–Crippen MR) is 104 cm³/mol. The molecule has 0 saturated heterocycles. The molecular formula is C21H17F3N6. The molecule has 0 atom stereocenters. The SMILES string of the molecule is Cc1cccc(-c2ncn(CCCC(F)(F)F)c2-c2ccc3ncc(C#N)n3c2)n1. The van der Waals surface area contributed by atoms with Crippen molar-refractivity contribution in [2.75, 3.05) is 0 Å². The van der Waals surface area contributed by atoms with Crippen LogP contribution in [0, 0.1) is 18.3 Å². The Bertz CT molecular complexity index is 1250. The molecule has 9 heteroatoms. The van der Waals surface area contributed by atoms with Crippen LogP contribution >= 0.6 is 0 Å². The number of pyridine rings is 2. The Labute approximate surface area is 170 Å². The van der Waals surface area contributed by atoms with Gasteiger partial charge in [0.05, 0.1) is 23.9 Å². The molecule has 4 aromatic heterocycles. The van der Waals surface area contributed by atoms with Gasteiger partial charge < -0.3 is 4.57 Å². The number of nitrogens with zero attached hydrogens (tertiary/aromatic N) is 6. The quantitative estimate of drug-likeness (QED) is 0.475. The minimum absolute atomic E-state index is 0.0652. The highest BCUT2D eigenvalue weighted by Gasteiger charge is 2.26. The number of aryl methyl sites for hydroxylation is 2. The van der Waals surface area contributed by atoms with Crippen LogP contribution in [0.3, 0.4) is 0 Å². The molecule has 0 aliphatic rings. The van der Waals surface area contributed by atoms with E-state index in [9.17, 15) is 18.4 Å². The summed E-state index contributed by atoms with van der Waals surface area (Å²) in [5, 5.41) is 9.31. The zero-order valence-electron chi connectivity index (χ0n) is 16.1. The molecule has 4 rings (SSSR count). The lowest BCUT2D eigenvalue weighted by atomic mass is 10.1. The molecule has 4 heterocycles. The summed E-state index contributed by atoms with van der Waals surface area (Å²) >= 11 is 0. The second kappa shape index (κ2) is 7.63. The van der Waals surface area contributed by atoms with Crippen molar-refractivity contribution in [1.29, 1.82) is 5.26 Å². The minimum Gasteiger partial charge on any atom is -0.330 e. The molecule has 0 saturated carbocycles. The molecule has 30 heavy (non-hydrogen) atoms. The molecule has 4 aromatic rings. The van der Waals surface area contributed by atoms with Crippen LogP contribution in [0.15, 0.2) is 49.1 Å². The van der Waals surface area contributed by atoms with Crippen molar-refractivity contribution in [2.24, 2.45) is 0 Å². The summed E-state index contributed by atoms with van der Waals surface area (Å²) in [5.41, 5.74) is 4.34. The van der Waals surface area contributed by atoms with Gasteiger partial charge in [-0.05, 0) is 37.6 Å². The molecule has 0 fully saturated rings. The van der Waals surface area contributed by atoms with Gasteiger partial charge in [0.25, 0.3) is 0 Å². The summed E-state index contributed by atoms with van der Waals surface area (Å²) in [5.74, 6) is 0. The molecule has 0 radical (unpaired) electrons. The Kier molecular flexibility index (Phi) is 4.99. The van der Waals surface area contributed by atoms with E-state index in [-0.39, 0.29) is 13.0 Å². The number of imidazole rings is 2. The smallest absolute Gasteiger partial charge is 0.330 e. The first kappa shape index (κ1) is 19.6. The predicted octanol–water partition coefficient (Wildman–Crippen LogP) is 4.78. The monoisotopic (exact) mass is 410 g/mol. The van der Waals surface area contributed by atoms with Crippen LogP contribution < -0.4 is 0 Å². The summed E-state index contributed by atoms with van der Waals surface area (Å²) < 4.78 is 41.3. The molecule has 0 amide bonds. The van der Waals surface area contributed by atoms with E-state index in [1.807, 2.05) is 31.2 Å². The molecule has 0 aliphatic carbocycles. The van der Waals surface area contributed by atoms with Crippen LogP contribution in [0.2, 0.25) is 0 Å². The second-order valence-corrected chi connectivity index (χ2v) is 6.92. The Balaban J connectivity index is 1.83. The van der Waals surface area contributed by atoms with Crippen molar-refractivity contribution in [1.82, 2.24) is 23.9 Å². The summed E-state index contributed by atoms with van der Waals surface area (Å²) in [6.45, 7) is 2.01. The fourth-order valence-electron chi connectivity index (χ4n) is 3.37. The topological polar surface area (TPSA) is 71.8 Å². The van der Waals surface area contributed by atoms with Gasteiger partial charge in [0.2, 0.25) is 0 Å². The number of hydrogen-bond donors (Lipinski definition) is 0. The standard InChI is InChI=1S/C21H17F3N6/c1-14-4-2-5-17(28-14)19-20(29(13-27-19)9-3-8-21(22,23)24)15-6-7-18-26-11-16(10-25)30(18)12-15/h2,4-7,11-13H,3,8-9H2,1H3. The summed E-state index contributed by atoms with van der Waals surface area (Å²) in [7, 11) is 0. The number of aromatic nitrogens is 5. The zero-order valence-corrected chi connectivity index (χ0v) is 16.1. The molecule has 6 nitrogen and oxygen atoms in total. The average molecular weight is 410 g/mol. The highest BCUT2D eigenvalue weighted by Crippen LogP contribution is 2.32. The van der Waals surface area contributed by atoms with Gasteiger partial charge in [-0.25, -0.2) is 9.97 Å². The third-order valence-electron chi connectivity index (χ3n) is 4.72. The zero-order chi connectivity index (χ0) is 21.3. The first-order valence-corrected chi connectivity index (χ1v) is 9.29. The van der Waals surface area contributed by atoms with Gasteiger partial charge >= 0.3 is 6.18 Å². The molecular weight excluding hydrogens is 393 g/mol. The minimum atomic E-state index is -4.21. The number of nitriles is 1. The number of alkyl halides is 3. The van der Waals surface area contributed by atoms with E-state index in [2.05, 4.69) is 21.0 Å². The van der Waals surface area contributed by atoms with Crippen LogP contribution in [0.4, 0.5) is 13.2 Å². The molecule has 0 N–H and O–H groups in total. The van der Waals surface area contributed by atoms with Crippen molar-refractivity contribution >= 4 is 5.65 Å². The highest BCUT2D eigenvalue weighted by atomic mass is 19.4. The molecule has 0 bridgehead atoms. The van der Waals surface area contributed by atoms with Crippen LogP contribution in [0.25, 0.3) is 28.3 Å². The van der Waals surface area contributed by atoms with Gasteiger partial charge in [0, 0.05) is 30.4 Å². The van der Waals surface area contributed by atoms with Crippen molar-refractivity contribution < 1.29 is 13.2 Å². The van der Waals surface area contributed by atoms with E-state index in [0.29, 0.717) is 34.0 Å². The third kappa shape index (κ3) is 3.89. The fraction of sp³-hybridized carbons (Fsp3) is 0.238. The van der Waals surface area contributed by atoms with E-state index in [4.69, 9.17) is 0 Å². The summed E-state index contributed by atoms with van der Waals surface area (Å²) in [6, 6.07) is 11.2. The van der Waals surface area contributed by atoms with E-state index in [1.54, 1.807) is 21.2 Å². The fourth-order valence-corrected chi connectivity index (χ4v) is 3.37. The van der Waals surface area contributed by atoms with E-state index >= 15 is 0 Å². The van der Waals surface area contributed by atoms with Gasteiger partial charge in [0.1, 0.15) is 23.1 Å². The van der Waals surface area contributed by atoms with Gasteiger partial charge in [-0.15, -0.1) is 0 Å². The summed E-state index contributed by atoms with van der Waals surface area (Å²) in [4.78, 5) is 13.2. The number of hydrogen-bond acceptors (Lipinski definition) is 4. The number of rotatable bonds is 5. The third-order valence-corrected chi connectivity index (χ3v) is 4.72. The molecule has 0 spiro atoms. The Hall–Kier alpha value is -3.67. The molecule has 152 valence electrons. The first-order chi connectivity index (χ1) is 14.4. The lowest BCUT2D eigenvalue weighted by molar-refractivity contribution is -0.135. The summed E-state index contributed by atoms with van der Waals surface area (Å²) in [6.07, 6.45) is -0.389. The highest BCUT2D eigenvalue weighted by molar-refractivity contribution is 5.77. The Morgan fingerprint density at radius 1 is 1.13 bits per heavy atom. The maximum Gasteiger partial charge on any atom is 0.389 e. The normalized spacial score (nSPS) is 11.7. The van der Waals surface area contributed by atoms with Crippen LogP contribution in [-0.4, -0.2) is 30.1 Å². The van der Waals surface area contributed by atoms with Crippen LogP contribution in [0.5, 0.6) is 0 Å². The van der Waals surface area contributed by atoms with Gasteiger partial charge in [-0.3, -0.25) is 9.38 Å². The van der Waals surface area contributed by atoms with Gasteiger partial charge in [0.15, 0.2) is 0 Å². The molecule has 0 unspecified atom stereocenters.